The van der Waals surface area contributed by atoms with E-state index in [-0.39, 0.29) is 10.3 Å². The molecule has 98 valence electrons. The molecule has 0 radical (unpaired) electrons. The molecule has 1 aromatic carbocycles. The van der Waals surface area contributed by atoms with Crippen LogP contribution >= 0.6 is 10.7 Å². The third-order valence-electron chi connectivity index (χ3n) is 2.65. The van der Waals surface area contributed by atoms with E-state index in [0.717, 1.165) is 0 Å². The summed E-state index contributed by atoms with van der Waals surface area (Å²) in [6, 6.07) is 4.47. The van der Waals surface area contributed by atoms with Gasteiger partial charge in [-0.1, -0.05) is 19.9 Å². The minimum Gasteiger partial charge on any atom is -0.346 e. The Morgan fingerprint density at radius 1 is 1.39 bits per heavy atom. The van der Waals surface area contributed by atoms with Crippen LogP contribution in [-0.2, 0) is 15.6 Å². The Kier molecular flexibility index (Phi) is 3.38. The van der Waals surface area contributed by atoms with Crippen molar-refractivity contribution in [1.82, 2.24) is 4.57 Å². The molecule has 0 amide bonds. The lowest BCUT2D eigenvalue weighted by molar-refractivity contribution is 0.533. The number of nitrogens with zero attached hydrogens (tertiary/aromatic N) is 1. The van der Waals surface area contributed by atoms with Crippen LogP contribution in [0.1, 0.15) is 13.8 Å². The number of benzene rings is 1. The standard InChI is InChI=1S/C12H13ClFNO2S/c1-8(2)6-15-7-11(18(13,16)17)12-9(14)4-3-5-10(12)15/h3-5,7-8H,6H2,1-2H3. The molecule has 2 aromatic rings. The van der Waals surface area contributed by atoms with Crippen molar-refractivity contribution < 1.29 is 12.8 Å². The summed E-state index contributed by atoms with van der Waals surface area (Å²) >= 11 is 0. The van der Waals surface area contributed by atoms with Gasteiger partial charge >= 0.3 is 0 Å². The molecule has 0 unspecified atom stereocenters. The zero-order valence-corrected chi connectivity index (χ0v) is 11.6. The Hall–Kier alpha value is -1.07. The molecule has 0 saturated carbocycles. The molecule has 0 atom stereocenters. The maximum absolute atomic E-state index is 13.8. The topological polar surface area (TPSA) is 39.1 Å². The molecule has 0 saturated heterocycles. The summed E-state index contributed by atoms with van der Waals surface area (Å²) in [4.78, 5) is -0.169. The van der Waals surface area contributed by atoms with Crippen LogP contribution in [0.15, 0.2) is 29.3 Å². The Morgan fingerprint density at radius 2 is 2.06 bits per heavy atom. The lowest BCUT2D eigenvalue weighted by atomic mass is 10.2. The molecule has 0 spiro atoms. The number of aromatic nitrogens is 1. The van der Waals surface area contributed by atoms with Gasteiger partial charge in [0.05, 0.1) is 10.9 Å². The Bertz CT molecular complexity index is 691. The second-order valence-electron chi connectivity index (χ2n) is 4.61. The maximum Gasteiger partial charge on any atom is 0.263 e. The van der Waals surface area contributed by atoms with Crippen molar-refractivity contribution in [3.63, 3.8) is 0 Å². The minimum absolute atomic E-state index is 0.0631. The molecule has 0 aliphatic rings. The zero-order chi connectivity index (χ0) is 13.5. The summed E-state index contributed by atoms with van der Waals surface area (Å²) in [7, 11) is 1.40. The first-order valence-electron chi connectivity index (χ1n) is 5.52. The Morgan fingerprint density at radius 3 is 2.61 bits per heavy atom. The molecular formula is C12H13ClFNO2S. The van der Waals surface area contributed by atoms with Gasteiger partial charge in [-0.15, -0.1) is 0 Å². The van der Waals surface area contributed by atoms with Crippen molar-refractivity contribution >= 4 is 30.6 Å². The van der Waals surface area contributed by atoms with Gasteiger partial charge in [0.15, 0.2) is 0 Å². The van der Waals surface area contributed by atoms with Crippen LogP contribution in [0.5, 0.6) is 0 Å². The van der Waals surface area contributed by atoms with Gasteiger partial charge in [0, 0.05) is 23.4 Å². The molecule has 0 aliphatic carbocycles. The third kappa shape index (κ3) is 2.37. The second-order valence-corrected chi connectivity index (χ2v) is 7.15. The van der Waals surface area contributed by atoms with Gasteiger partial charge in [0.25, 0.3) is 9.05 Å². The van der Waals surface area contributed by atoms with E-state index in [9.17, 15) is 12.8 Å². The highest BCUT2D eigenvalue weighted by molar-refractivity contribution is 8.14. The van der Waals surface area contributed by atoms with E-state index >= 15 is 0 Å². The van der Waals surface area contributed by atoms with Crippen molar-refractivity contribution in [2.24, 2.45) is 5.92 Å². The number of hydrogen-bond acceptors (Lipinski definition) is 2. The highest BCUT2D eigenvalue weighted by Gasteiger charge is 2.21. The fourth-order valence-electron chi connectivity index (χ4n) is 2.00. The van der Waals surface area contributed by atoms with Crippen molar-refractivity contribution in [2.75, 3.05) is 0 Å². The van der Waals surface area contributed by atoms with Gasteiger partial charge in [0.1, 0.15) is 10.7 Å². The number of halogens is 2. The van der Waals surface area contributed by atoms with Gasteiger partial charge in [-0.25, -0.2) is 12.8 Å². The van der Waals surface area contributed by atoms with Crippen LogP contribution in [0.3, 0.4) is 0 Å². The van der Waals surface area contributed by atoms with Gasteiger partial charge in [0.2, 0.25) is 0 Å². The van der Waals surface area contributed by atoms with Crippen LogP contribution in [0, 0.1) is 11.7 Å². The quantitative estimate of drug-likeness (QED) is 0.813. The van der Waals surface area contributed by atoms with Crippen LogP contribution in [0.25, 0.3) is 10.9 Å². The molecular weight excluding hydrogens is 277 g/mol. The van der Waals surface area contributed by atoms with E-state index in [1.807, 2.05) is 13.8 Å². The molecule has 1 aromatic heterocycles. The molecule has 0 bridgehead atoms. The summed E-state index contributed by atoms with van der Waals surface area (Å²) in [5, 5.41) is 0.0631. The van der Waals surface area contributed by atoms with Crippen molar-refractivity contribution in [3.05, 3.63) is 30.2 Å². The molecule has 1 heterocycles. The Labute approximate surface area is 110 Å². The molecule has 0 N–H and O–H groups in total. The lowest BCUT2D eigenvalue weighted by Crippen LogP contribution is -2.02. The highest BCUT2D eigenvalue weighted by atomic mass is 35.7. The van der Waals surface area contributed by atoms with Crippen molar-refractivity contribution in [2.45, 2.75) is 25.3 Å². The first-order valence-corrected chi connectivity index (χ1v) is 7.83. The molecule has 0 aliphatic heterocycles. The van der Waals surface area contributed by atoms with E-state index in [1.54, 1.807) is 16.7 Å². The van der Waals surface area contributed by atoms with Gasteiger partial charge in [-0.3, -0.25) is 0 Å². The summed E-state index contributed by atoms with van der Waals surface area (Å²) in [5.41, 5.74) is 0.544. The predicted octanol–water partition coefficient (Wildman–Crippen LogP) is 3.36. The third-order valence-corrected chi connectivity index (χ3v) is 3.98. The number of hydrogen-bond donors (Lipinski definition) is 0. The summed E-state index contributed by atoms with van der Waals surface area (Å²) in [6.45, 7) is 4.60. The highest BCUT2D eigenvalue weighted by Crippen LogP contribution is 2.30. The Balaban J connectivity index is 2.80. The molecule has 18 heavy (non-hydrogen) atoms. The van der Waals surface area contributed by atoms with Gasteiger partial charge in [-0.05, 0) is 18.1 Å². The molecule has 0 fully saturated rings. The summed E-state index contributed by atoms with van der Waals surface area (Å²) in [6.07, 6.45) is 1.40. The fourth-order valence-corrected chi connectivity index (χ4v) is 3.05. The number of fused-ring (bicyclic) bond motifs is 1. The van der Waals surface area contributed by atoms with Gasteiger partial charge in [-0.2, -0.15) is 0 Å². The van der Waals surface area contributed by atoms with Crippen LogP contribution < -0.4 is 0 Å². The van der Waals surface area contributed by atoms with Crippen molar-refractivity contribution in [1.29, 1.82) is 0 Å². The maximum atomic E-state index is 13.8. The van der Waals surface area contributed by atoms with E-state index in [1.165, 1.54) is 12.3 Å². The van der Waals surface area contributed by atoms with Crippen LogP contribution in [0.4, 0.5) is 4.39 Å². The smallest absolute Gasteiger partial charge is 0.263 e. The monoisotopic (exact) mass is 289 g/mol. The zero-order valence-electron chi connectivity index (χ0n) is 10.0. The fraction of sp³-hybridized carbons (Fsp3) is 0.333. The van der Waals surface area contributed by atoms with E-state index < -0.39 is 14.9 Å². The second kappa shape index (κ2) is 4.55. The van der Waals surface area contributed by atoms with Crippen LogP contribution in [0.2, 0.25) is 0 Å². The first-order chi connectivity index (χ1) is 8.30. The van der Waals surface area contributed by atoms with E-state index in [0.29, 0.717) is 18.0 Å². The summed E-state index contributed by atoms with van der Waals surface area (Å²) in [5.74, 6) is -0.260. The SMILES string of the molecule is CC(C)Cn1cc(S(=O)(=O)Cl)c2c(F)cccc21. The van der Waals surface area contributed by atoms with Gasteiger partial charge < -0.3 is 4.57 Å². The molecule has 3 nitrogen and oxygen atoms in total. The number of rotatable bonds is 3. The van der Waals surface area contributed by atoms with E-state index in [2.05, 4.69) is 0 Å². The van der Waals surface area contributed by atoms with Crippen molar-refractivity contribution in [3.8, 4) is 0 Å². The lowest BCUT2D eigenvalue weighted by Gasteiger charge is -2.07. The average molecular weight is 290 g/mol. The normalized spacial score (nSPS) is 12.5. The minimum atomic E-state index is -3.96. The molecule has 6 heteroatoms. The van der Waals surface area contributed by atoms with Crippen LogP contribution in [-0.4, -0.2) is 13.0 Å². The average Bonchev–Trinajstić information content (AvgIpc) is 2.57. The predicted molar refractivity (Wildman–Crippen MR) is 69.8 cm³/mol. The first kappa shape index (κ1) is 13.4. The molecule has 2 rings (SSSR count). The largest absolute Gasteiger partial charge is 0.346 e. The van der Waals surface area contributed by atoms with E-state index in [4.69, 9.17) is 10.7 Å². The summed E-state index contributed by atoms with van der Waals surface area (Å²) < 4.78 is 38.5.